The molecule has 0 saturated carbocycles. The molecule has 0 aromatic rings. The summed E-state index contributed by atoms with van der Waals surface area (Å²) in [5, 5.41) is 0. The predicted octanol–water partition coefficient (Wildman–Crippen LogP) is 0.640. The molecular formula is C10H21N3OS. The lowest BCUT2D eigenvalue weighted by molar-refractivity contribution is -0.119. The molecule has 88 valence electrons. The van der Waals surface area contributed by atoms with Gasteiger partial charge in [-0.2, -0.15) is 0 Å². The Labute approximate surface area is 97.0 Å². The topological polar surface area (TPSA) is 72.3 Å². The van der Waals surface area contributed by atoms with E-state index in [9.17, 15) is 4.79 Å². The van der Waals surface area contributed by atoms with Gasteiger partial charge in [0.2, 0.25) is 5.91 Å². The lowest BCUT2D eigenvalue weighted by Crippen LogP contribution is -2.35. The fraction of sp³-hybridized carbons (Fsp3) is 0.800. The van der Waals surface area contributed by atoms with Gasteiger partial charge in [-0.15, -0.1) is 0 Å². The Bertz CT molecular complexity index is 209. The second kappa shape index (κ2) is 8.61. The van der Waals surface area contributed by atoms with Crippen molar-refractivity contribution in [3.63, 3.8) is 0 Å². The van der Waals surface area contributed by atoms with Gasteiger partial charge in [-0.25, -0.2) is 0 Å². The second-order valence-corrected chi connectivity index (χ2v) is 4.19. The van der Waals surface area contributed by atoms with Gasteiger partial charge in [-0.3, -0.25) is 9.69 Å². The standard InChI is InChI=1S/C10H21N3OS/c1-2-3-6-13(8-9(11)14)7-4-5-10(12)15/h2-8H2,1H3,(H2,11,14)(H2,12,15). The molecule has 0 aromatic carbocycles. The molecule has 0 heterocycles. The molecular weight excluding hydrogens is 210 g/mol. The summed E-state index contributed by atoms with van der Waals surface area (Å²) < 4.78 is 0. The van der Waals surface area contributed by atoms with Crippen molar-refractivity contribution in [2.45, 2.75) is 32.6 Å². The van der Waals surface area contributed by atoms with Crippen LogP contribution < -0.4 is 11.5 Å². The van der Waals surface area contributed by atoms with E-state index in [0.29, 0.717) is 11.5 Å². The van der Waals surface area contributed by atoms with Gasteiger partial charge in [0.25, 0.3) is 0 Å². The molecule has 0 rings (SSSR count). The highest BCUT2D eigenvalue weighted by atomic mass is 32.1. The minimum absolute atomic E-state index is 0.276. The quantitative estimate of drug-likeness (QED) is 0.571. The number of carbonyl (C=O) groups excluding carboxylic acids is 1. The van der Waals surface area contributed by atoms with Gasteiger partial charge in [-0.1, -0.05) is 25.6 Å². The lowest BCUT2D eigenvalue weighted by atomic mass is 10.2. The Morgan fingerprint density at radius 1 is 1.27 bits per heavy atom. The Hall–Kier alpha value is -0.680. The summed E-state index contributed by atoms with van der Waals surface area (Å²) in [4.78, 5) is 13.4. The molecule has 0 bridgehead atoms. The van der Waals surface area contributed by atoms with Crippen LogP contribution in [0, 0.1) is 0 Å². The average molecular weight is 231 g/mol. The highest BCUT2D eigenvalue weighted by molar-refractivity contribution is 7.80. The van der Waals surface area contributed by atoms with Crippen molar-refractivity contribution < 1.29 is 4.79 Å². The monoisotopic (exact) mass is 231 g/mol. The summed E-state index contributed by atoms with van der Waals surface area (Å²) in [5.74, 6) is -0.276. The van der Waals surface area contributed by atoms with Crippen molar-refractivity contribution >= 4 is 23.1 Å². The molecule has 0 fully saturated rings. The Kier molecular flexibility index (Phi) is 8.22. The molecule has 0 aliphatic rings. The summed E-state index contributed by atoms with van der Waals surface area (Å²) in [7, 11) is 0. The Morgan fingerprint density at radius 3 is 2.33 bits per heavy atom. The van der Waals surface area contributed by atoms with Crippen LogP contribution in [-0.4, -0.2) is 35.4 Å². The van der Waals surface area contributed by atoms with Gasteiger partial charge in [-0.05, 0) is 32.4 Å². The van der Waals surface area contributed by atoms with Crippen molar-refractivity contribution in [3.05, 3.63) is 0 Å². The largest absolute Gasteiger partial charge is 0.393 e. The summed E-state index contributed by atoms with van der Waals surface area (Å²) in [6, 6.07) is 0. The third kappa shape index (κ3) is 9.62. The fourth-order valence-electron chi connectivity index (χ4n) is 1.35. The van der Waals surface area contributed by atoms with Gasteiger partial charge in [0, 0.05) is 0 Å². The van der Waals surface area contributed by atoms with Crippen LogP contribution in [0.3, 0.4) is 0 Å². The molecule has 15 heavy (non-hydrogen) atoms. The van der Waals surface area contributed by atoms with Gasteiger partial charge in [0.1, 0.15) is 0 Å². The van der Waals surface area contributed by atoms with Crippen LogP contribution in [0.25, 0.3) is 0 Å². The zero-order chi connectivity index (χ0) is 11.7. The lowest BCUT2D eigenvalue weighted by Gasteiger charge is -2.19. The minimum atomic E-state index is -0.276. The summed E-state index contributed by atoms with van der Waals surface area (Å²) in [5.41, 5.74) is 10.6. The summed E-state index contributed by atoms with van der Waals surface area (Å²) in [6.45, 7) is 4.20. The SMILES string of the molecule is CCCCN(CCCC(N)=S)CC(N)=O. The van der Waals surface area contributed by atoms with Gasteiger partial charge < -0.3 is 11.5 Å². The normalized spacial score (nSPS) is 10.5. The molecule has 0 spiro atoms. The molecule has 4 N–H and O–H groups in total. The molecule has 0 aliphatic carbocycles. The van der Waals surface area contributed by atoms with Crippen LogP contribution in [0.2, 0.25) is 0 Å². The molecule has 0 atom stereocenters. The minimum Gasteiger partial charge on any atom is -0.393 e. The van der Waals surface area contributed by atoms with E-state index in [2.05, 4.69) is 11.8 Å². The van der Waals surface area contributed by atoms with Crippen molar-refractivity contribution in [2.24, 2.45) is 11.5 Å². The number of hydrogen-bond donors (Lipinski definition) is 2. The van der Waals surface area contributed by atoms with Crippen LogP contribution in [0.1, 0.15) is 32.6 Å². The summed E-state index contributed by atoms with van der Waals surface area (Å²) in [6.07, 6.45) is 3.83. The number of nitrogens with two attached hydrogens (primary N) is 2. The number of hydrogen-bond acceptors (Lipinski definition) is 3. The van der Waals surface area contributed by atoms with E-state index in [1.807, 2.05) is 0 Å². The number of amides is 1. The molecule has 5 heteroatoms. The number of rotatable bonds is 9. The number of carbonyl (C=O) groups is 1. The average Bonchev–Trinajstić information content (AvgIpc) is 2.12. The first kappa shape index (κ1) is 14.3. The Balaban J connectivity index is 3.78. The van der Waals surface area contributed by atoms with E-state index in [1.54, 1.807) is 0 Å². The molecule has 0 unspecified atom stereocenters. The van der Waals surface area contributed by atoms with Crippen molar-refractivity contribution in [2.75, 3.05) is 19.6 Å². The van der Waals surface area contributed by atoms with Crippen LogP contribution in [0.15, 0.2) is 0 Å². The van der Waals surface area contributed by atoms with Crippen LogP contribution in [-0.2, 0) is 4.79 Å². The summed E-state index contributed by atoms with van der Waals surface area (Å²) >= 11 is 4.79. The highest BCUT2D eigenvalue weighted by Gasteiger charge is 2.07. The molecule has 0 saturated heterocycles. The number of nitrogens with zero attached hydrogens (tertiary/aromatic N) is 1. The van der Waals surface area contributed by atoms with E-state index >= 15 is 0 Å². The van der Waals surface area contributed by atoms with E-state index < -0.39 is 0 Å². The molecule has 4 nitrogen and oxygen atoms in total. The maximum Gasteiger partial charge on any atom is 0.231 e. The first-order valence-electron chi connectivity index (χ1n) is 5.35. The number of primary amides is 1. The smallest absolute Gasteiger partial charge is 0.231 e. The Morgan fingerprint density at radius 2 is 1.87 bits per heavy atom. The molecule has 1 amide bonds. The van der Waals surface area contributed by atoms with Crippen LogP contribution >= 0.6 is 12.2 Å². The van der Waals surface area contributed by atoms with Crippen LogP contribution in [0.4, 0.5) is 0 Å². The van der Waals surface area contributed by atoms with E-state index in [0.717, 1.165) is 38.8 Å². The van der Waals surface area contributed by atoms with Crippen LogP contribution in [0.5, 0.6) is 0 Å². The van der Waals surface area contributed by atoms with E-state index in [1.165, 1.54) is 0 Å². The molecule has 0 aliphatic heterocycles. The maximum atomic E-state index is 10.8. The zero-order valence-electron chi connectivity index (χ0n) is 9.37. The number of unbranched alkanes of at least 4 members (excludes halogenated alkanes) is 1. The zero-order valence-corrected chi connectivity index (χ0v) is 10.2. The van der Waals surface area contributed by atoms with Crippen molar-refractivity contribution in [1.29, 1.82) is 0 Å². The third-order valence-corrected chi connectivity index (χ3v) is 2.31. The first-order valence-corrected chi connectivity index (χ1v) is 5.76. The first-order chi connectivity index (χ1) is 7.06. The van der Waals surface area contributed by atoms with Gasteiger partial charge >= 0.3 is 0 Å². The fourth-order valence-corrected chi connectivity index (χ4v) is 1.49. The van der Waals surface area contributed by atoms with Gasteiger partial charge in [0.15, 0.2) is 0 Å². The van der Waals surface area contributed by atoms with Gasteiger partial charge in [0.05, 0.1) is 11.5 Å². The van der Waals surface area contributed by atoms with E-state index in [4.69, 9.17) is 23.7 Å². The maximum absolute atomic E-state index is 10.8. The van der Waals surface area contributed by atoms with E-state index in [-0.39, 0.29) is 5.91 Å². The number of thiocarbonyl (C=S) groups is 1. The molecule has 0 radical (unpaired) electrons. The van der Waals surface area contributed by atoms with Crippen molar-refractivity contribution in [1.82, 2.24) is 4.90 Å². The highest BCUT2D eigenvalue weighted by Crippen LogP contribution is 1.99. The third-order valence-electron chi connectivity index (χ3n) is 2.10. The second-order valence-electron chi connectivity index (χ2n) is 3.67. The van der Waals surface area contributed by atoms with Crippen molar-refractivity contribution in [3.8, 4) is 0 Å². The predicted molar refractivity (Wildman–Crippen MR) is 66.6 cm³/mol. The molecule has 0 aromatic heterocycles.